The van der Waals surface area contributed by atoms with Gasteiger partial charge >= 0.3 is 0 Å². The first-order valence-electron chi connectivity index (χ1n) is 5.62. The zero-order valence-corrected chi connectivity index (χ0v) is 8.60. The second-order valence-corrected chi connectivity index (χ2v) is 4.64. The van der Waals surface area contributed by atoms with Crippen LogP contribution in [0.1, 0.15) is 32.2 Å². The standard InChI is InChI=1S/C12H17NO/c1-9(13-6-2-3-7-13)11-8-10-4-5-12(11)14-10/h2-3,6-7,9-12H,4-5,8H2,1H3. The average molecular weight is 191 g/mol. The summed E-state index contributed by atoms with van der Waals surface area (Å²) in [7, 11) is 0. The zero-order chi connectivity index (χ0) is 9.54. The Labute approximate surface area is 84.9 Å². The number of aromatic nitrogens is 1. The Morgan fingerprint density at radius 3 is 2.64 bits per heavy atom. The molecule has 4 unspecified atom stereocenters. The van der Waals surface area contributed by atoms with Gasteiger partial charge in [0, 0.05) is 24.4 Å². The molecule has 3 heterocycles. The molecule has 2 bridgehead atoms. The molecule has 3 rings (SSSR count). The molecule has 0 saturated carbocycles. The van der Waals surface area contributed by atoms with Crippen molar-refractivity contribution in [3.05, 3.63) is 24.5 Å². The van der Waals surface area contributed by atoms with E-state index in [1.54, 1.807) is 0 Å². The highest BCUT2D eigenvalue weighted by Gasteiger charge is 2.43. The van der Waals surface area contributed by atoms with E-state index in [4.69, 9.17) is 4.74 Å². The monoisotopic (exact) mass is 191 g/mol. The van der Waals surface area contributed by atoms with Crippen molar-refractivity contribution < 1.29 is 4.74 Å². The van der Waals surface area contributed by atoms with Gasteiger partial charge in [-0.3, -0.25) is 0 Å². The zero-order valence-electron chi connectivity index (χ0n) is 8.60. The lowest BCUT2D eigenvalue weighted by Gasteiger charge is -2.26. The lowest BCUT2D eigenvalue weighted by atomic mass is 9.84. The third-order valence-corrected chi connectivity index (χ3v) is 3.87. The molecule has 2 heteroatoms. The van der Waals surface area contributed by atoms with Crippen LogP contribution in [0.4, 0.5) is 0 Å². The summed E-state index contributed by atoms with van der Waals surface area (Å²) in [6, 6.07) is 4.80. The van der Waals surface area contributed by atoms with Crippen molar-refractivity contribution in [1.29, 1.82) is 0 Å². The molecule has 0 radical (unpaired) electrons. The van der Waals surface area contributed by atoms with Crippen LogP contribution in [0.15, 0.2) is 24.5 Å². The number of rotatable bonds is 2. The van der Waals surface area contributed by atoms with Crippen LogP contribution in [0.5, 0.6) is 0 Å². The van der Waals surface area contributed by atoms with Gasteiger partial charge in [-0.15, -0.1) is 0 Å². The van der Waals surface area contributed by atoms with Crippen molar-refractivity contribution in [1.82, 2.24) is 4.57 Å². The molecule has 2 saturated heterocycles. The fraction of sp³-hybridized carbons (Fsp3) is 0.667. The highest BCUT2D eigenvalue weighted by molar-refractivity contribution is 4.98. The van der Waals surface area contributed by atoms with E-state index in [9.17, 15) is 0 Å². The van der Waals surface area contributed by atoms with Crippen LogP contribution in [0.2, 0.25) is 0 Å². The molecule has 0 aliphatic carbocycles. The van der Waals surface area contributed by atoms with Crippen LogP contribution in [0.25, 0.3) is 0 Å². The summed E-state index contributed by atoms with van der Waals surface area (Å²) in [6.45, 7) is 2.31. The first kappa shape index (κ1) is 8.54. The lowest BCUT2D eigenvalue weighted by molar-refractivity contribution is 0.0844. The van der Waals surface area contributed by atoms with E-state index < -0.39 is 0 Å². The van der Waals surface area contributed by atoms with Crippen LogP contribution in [-0.4, -0.2) is 16.8 Å². The van der Waals surface area contributed by atoms with Gasteiger partial charge in [0.25, 0.3) is 0 Å². The highest BCUT2D eigenvalue weighted by atomic mass is 16.5. The average Bonchev–Trinajstić information content (AvgIpc) is 2.93. The van der Waals surface area contributed by atoms with Gasteiger partial charge in [0.15, 0.2) is 0 Å². The maximum Gasteiger partial charge on any atom is 0.0628 e. The first-order chi connectivity index (χ1) is 6.84. The number of fused-ring (bicyclic) bond motifs is 2. The van der Waals surface area contributed by atoms with E-state index in [1.165, 1.54) is 19.3 Å². The minimum absolute atomic E-state index is 0.539. The van der Waals surface area contributed by atoms with E-state index in [-0.39, 0.29) is 0 Å². The molecule has 0 N–H and O–H groups in total. The van der Waals surface area contributed by atoms with Gasteiger partial charge in [-0.2, -0.15) is 0 Å². The summed E-state index contributed by atoms with van der Waals surface area (Å²) in [5.41, 5.74) is 0. The molecule has 2 nitrogen and oxygen atoms in total. The van der Waals surface area contributed by atoms with Crippen LogP contribution >= 0.6 is 0 Å². The Morgan fingerprint density at radius 2 is 2.07 bits per heavy atom. The summed E-state index contributed by atoms with van der Waals surface area (Å²) in [5, 5.41) is 0. The Morgan fingerprint density at radius 1 is 1.29 bits per heavy atom. The van der Waals surface area contributed by atoms with Crippen LogP contribution < -0.4 is 0 Å². The van der Waals surface area contributed by atoms with Crippen molar-refractivity contribution in [3.63, 3.8) is 0 Å². The largest absolute Gasteiger partial charge is 0.375 e. The maximum atomic E-state index is 5.89. The van der Waals surface area contributed by atoms with Gasteiger partial charge in [-0.1, -0.05) is 0 Å². The van der Waals surface area contributed by atoms with Crippen molar-refractivity contribution >= 4 is 0 Å². The molecule has 4 atom stereocenters. The van der Waals surface area contributed by atoms with Gasteiger partial charge in [0.2, 0.25) is 0 Å². The molecule has 0 aromatic carbocycles. The van der Waals surface area contributed by atoms with Crippen LogP contribution in [0, 0.1) is 5.92 Å². The predicted octanol–water partition coefficient (Wildman–Crippen LogP) is 2.62. The van der Waals surface area contributed by atoms with Gasteiger partial charge in [-0.05, 0) is 38.3 Å². The third kappa shape index (κ3) is 1.21. The molecular formula is C12H17NO. The van der Waals surface area contributed by atoms with Crippen LogP contribution in [0.3, 0.4) is 0 Å². The quantitative estimate of drug-likeness (QED) is 0.701. The summed E-state index contributed by atoms with van der Waals surface area (Å²) >= 11 is 0. The molecular weight excluding hydrogens is 174 g/mol. The number of ether oxygens (including phenoxy) is 1. The molecule has 2 fully saturated rings. The molecule has 1 aromatic rings. The van der Waals surface area contributed by atoms with Gasteiger partial charge in [0.05, 0.1) is 12.2 Å². The Bertz CT molecular complexity index is 306. The molecule has 76 valence electrons. The molecule has 1 aromatic heterocycles. The van der Waals surface area contributed by atoms with Gasteiger partial charge in [-0.25, -0.2) is 0 Å². The first-order valence-corrected chi connectivity index (χ1v) is 5.62. The van der Waals surface area contributed by atoms with Crippen molar-refractivity contribution in [3.8, 4) is 0 Å². The van der Waals surface area contributed by atoms with E-state index in [0.717, 1.165) is 5.92 Å². The molecule has 0 spiro atoms. The Hall–Kier alpha value is -0.760. The minimum Gasteiger partial charge on any atom is -0.375 e. The van der Waals surface area contributed by atoms with Crippen molar-refractivity contribution in [2.24, 2.45) is 5.92 Å². The highest BCUT2D eigenvalue weighted by Crippen LogP contribution is 2.43. The van der Waals surface area contributed by atoms with E-state index in [2.05, 4.69) is 36.0 Å². The summed E-state index contributed by atoms with van der Waals surface area (Å²) in [5.74, 6) is 0.737. The normalized spacial score (nSPS) is 37.6. The van der Waals surface area contributed by atoms with Crippen molar-refractivity contribution in [2.45, 2.75) is 44.4 Å². The second kappa shape index (κ2) is 3.13. The molecule has 2 aliphatic rings. The van der Waals surface area contributed by atoms with Gasteiger partial charge in [0.1, 0.15) is 0 Å². The summed E-state index contributed by atoms with van der Waals surface area (Å²) in [6.07, 6.45) is 9.28. The molecule has 0 amide bonds. The molecule has 14 heavy (non-hydrogen) atoms. The fourth-order valence-corrected chi connectivity index (χ4v) is 3.03. The SMILES string of the molecule is CC(C1CC2CCC1O2)n1cccc1. The van der Waals surface area contributed by atoms with E-state index in [0.29, 0.717) is 18.2 Å². The Balaban J connectivity index is 1.77. The van der Waals surface area contributed by atoms with Crippen LogP contribution in [-0.2, 0) is 4.74 Å². The number of hydrogen-bond acceptors (Lipinski definition) is 1. The summed E-state index contributed by atoms with van der Waals surface area (Å²) in [4.78, 5) is 0. The maximum absolute atomic E-state index is 5.89. The minimum atomic E-state index is 0.539. The Kier molecular flexibility index (Phi) is 1.91. The van der Waals surface area contributed by atoms with E-state index >= 15 is 0 Å². The third-order valence-electron chi connectivity index (χ3n) is 3.87. The predicted molar refractivity (Wildman–Crippen MR) is 55.1 cm³/mol. The van der Waals surface area contributed by atoms with Crippen molar-refractivity contribution in [2.75, 3.05) is 0 Å². The topological polar surface area (TPSA) is 14.2 Å². The summed E-state index contributed by atoms with van der Waals surface area (Å²) < 4.78 is 8.20. The van der Waals surface area contributed by atoms with Gasteiger partial charge < -0.3 is 9.30 Å². The second-order valence-electron chi connectivity index (χ2n) is 4.64. The lowest BCUT2D eigenvalue weighted by Crippen LogP contribution is -2.25. The number of hydrogen-bond donors (Lipinski definition) is 0. The smallest absolute Gasteiger partial charge is 0.0628 e. The fourth-order valence-electron chi connectivity index (χ4n) is 3.03. The van der Waals surface area contributed by atoms with E-state index in [1.807, 2.05) is 0 Å². The number of nitrogens with zero attached hydrogens (tertiary/aromatic N) is 1. The molecule has 2 aliphatic heterocycles.